The first kappa shape index (κ1) is 15.0. The lowest BCUT2D eigenvalue weighted by molar-refractivity contribution is -0.121. The smallest absolute Gasteiger partial charge is 0.332 e. The Morgan fingerprint density at radius 2 is 1.83 bits per heavy atom. The molecule has 0 spiro atoms. The van der Waals surface area contributed by atoms with Crippen LogP contribution in [0, 0.1) is 0 Å². The third-order valence-electron chi connectivity index (χ3n) is 4.86. The third-order valence-corrected chi connectivity index (χ3v) is 4.86. The monoisotopic (exact) mass is 324 g/mol. The fourth-order valence-corrected chi connectivity index (χ4v) is 3.50. The van der Waals surface area contributed by atoms with Gasteiger partial charge in [-0.1, -0.05) is 18.2 Å². The number of piperazine rings is 1. The maximum atomic E-state index is 12.8. The fraction of sp³-hybridized carbons (Fsp3) is 0.333. The quantitative estimate of drug-likeness (QED) is 0.807. The van der Waals surface area contributed by atoms with Crippen LogP contribution in [0.15, 0.2) is 48.7 Å². The predicted molar refractivity (Wildman–Crippen MR) is 90.5 cm³/mol. The van der Waals surface area contributed by atoms with E-state index in [-0.39, 0.29) is 18.0 Å². The lowest BCUT2D eigenvalue weighted by Crippen LogP contribution is -2.52. The molecule has 6 nitrogen and oxygen atoms in total. The van der Waals surface area contributed by atoms with Crippen LogP contribution in [0.25, 0.3) is 0 Å². The number of rotatable bonds is 3. The molecule has 2 saturated heterocycles. The Hall–Kier alpha value is -2.60. The molecule has 1 aromatic heterocycles. The van der Waals surface area contributed by atoms with E-state index < -0.39 is 0 Å². The summed E-state index contributed by atoms with van der Waals surface area (Å²) in [7, 11) is 2.02. The minimum atomic E-state index is -0.383. The lowest BCUT2D eigenvalue weighted by Gasteiger charge is -2.35. The number of imide groups is 1. The SMILES string of the molecule is Cn1cccc1CN1CCN2C(=O)N(c3ccccc3)C(=O)[C@H]2C1. The van der Waals surface area contributed by atoms with Crippen molar-refractivity contribution in [2.45, 2.75) is 12.6 Å². The molecule has 0 bridgehead atoms. The topological polar surface area (TPSA) is 48.8 Å². The summed E-state index contributed by atoms with van der Waals surface area (Å²) in [5, 5.41) is 0. The second kappa shape index (κ2) is 5.79. The maximum Gasteiger partial charge on any atom is 0.332 e. The number of hydrogen-bond donors (Lipinski definition) is 0. The van der Waals surface area contributed by atoms with Crippen molar-refractivity contribution in [2.24, 2.45) is 7.05 Å². The largest absolute Gasteiger partial charge is 0.353 e. The predicted octanol–water partition coefficient (Wildman–Crippen LogP) is 1.68. The first-order valence-corrected chi connectivity index (χ1v) is 8.17. The van der Waals surface area contributed by atoms with Crippen LogP contribution in [-0.2, 0) is 18.4 Å². The van der Waals surface area contributed by atoms with Gasteiger partial charge in [0.05, 0.1) is 5.69 Å². The molecule has 0 aliphatic carbocycles. The Labute approximate surface area is 140 Å². The number of aromatic nitrogens is 1. The highest BCUT2D eigenvalue weighted by molar-refractivity contribution is 6.21. The number of anilines is 1. The van der Waals surface area contributed by atoms with Gasteiger partial charge in [0, 0.05) is 45.1 Å². The number of para-hydroxylation sites is 1. The van der Waals surface area contributed by atoms with Gasteiger partial charge in [-0.25, -0.2) is 9.69 Å². The van der Waals surface area contributed by atoms with Gasteiger partial charge >= 0.3 is 6.03 Å². The molecule has 2 aromatic rings. The van der Waals surface area contributed by atoms with Gasteiger partial charge < -0.3 is 9.47 Å². The van der Waals surface area contributed by atoms with Crippen LogP contribution in [-0.4, -0.2) is 52.0 Å². The number of carbonyl (C=O) groups is 2. The summed E-state index contributed by atoms with van der Waals surface area (Å²) in [6, 6.07) is 12.7. The van der Waals surface area contributed by atoms with E-state index in [0.29, 0.717) is 18.8 Å². The van der Waals surface area contributed by atoms with Crippen LogP contribution in [0.5, 0.6) is 0 Å². The van der Waals surface area contributed by atoms with Crippen LogP contribution < -0.4 is 4.90 Å². The fourth-order valence-electron chi connectivity index (χ4n) is 3.50. The first-order valence-electron chi connectivity index (χ1n) is 8.17. The van der Waals surface area contributed by atoms with Crippen LogP contribution >= 0.6 is 0 Å². The Morgan fingerprint density at radius 3 is 2.54 bits per heavy atom. The average Bonchev–Trinajstić information content (AvgIpc) is 3.10. The van der Waals surface area contributed by atoms with Crippen molar-refractivity contribution in [3.63, 3.8) is 0 Å². The van der Waals surface area contributed by atoms with Crippen LogP contribution in [0.3, 0.4) is 0 Å². The Balaban J connectivity index is 1.53. The molecule has 4 rings (SSSR count). The molecular formula is C18H20N4O2. The summed E-state index contributed by atoms with van der Waals surface area (Å²) < 4.78 is 2.09. The molecule has 3 heterocycles. The van der Waals surface area contributed by atoms with Crippen molar-refractivity contribution in [1.82, 2.24) is 14.4 Å². The second-order valence-corrected chi connectivity index (χ2v) is 6.35. The van der Waals surface area contributed by atoms with Crippen molar-refractivity contribution < 1.29 is 9.59 Å². The molecule has 0 saturated carbocycles. The highest BCUT2D eigenvalue weighted by atomic mass is 16.2. The van der Waals surface area contributed by atoms with E-state index in [1.54, 1.807) is 17.0 Å². The molecule has 1 atom stereocenters. The molecule has 0 unspecified atom stereocenters. The van der Waals surface area contributed by atoms with E-state index in [9.17, 15) is 9.59 Å². The van der Waals surface area contributed by atoms with Crippen LogP contribution in [0.2, 0.25) is 0 Å². The number of urea groups is 1. The maximum absolute atomic E-state index is 12.8. The number of nitrogens with zero attached hydrogens (tertiary/aromatic N) is 4. The normalized spacial score (nSPS) is 21.5. The number of benzene rings is 1. The van der Waals surface area contributed by atoms with Crippen molar-refractivity contribution in [3.05, 3.63) is 54.4 Å². The zero-order valence-corrected chi connectivity index (χ0v) is 13.6. The lowest BCUT2D eigenvalue weighted by atomic mass is 10.1. The van der Waals surface area contributed by atoms with Crippen LogP contribution in [0.1, 0.15) is 5.69 Å². The molecule has 0 radical (unpaired) electrons. The van der Waals surface area contributed by atoms with Gasteiger partial charge in [-0.15, -0.1) is 0 Å². The average molecular weight is 324 g/mol. The summed E-state index contributed by atoms with van der Waals surface area (Å²) in [6.45, 7) is 2.74. The Kier molecular flexibility index (Phi) is 3.61. The standard InChI is InChI=1S/C18H20N4O2/c1-19-9-5-8-15(19)12-20-10-11-21-16(13-20)17(23)22(18(21)24)14-6-3-2-4-7-14/h2-9,16H,10-13H2,1H3/t16-/m1/s1. The first-order chi connectivity index (χ1) is 11.6. The zero-order chi connectivity index (χ0) is 16.7. The van der Waals surface area contributed by atoms with Crippen molar-refractivity contribution in [3.8, 4) is 0 Å². The molecular weight excluding hydrogens is 304 g/mol. The van der Waals surface area contributed by atoms with Gasteiger partial charge in [-0.2, -0.15) is 0 Å². The number of fused-ring (bicyclic) bond motifs is 1. The van der Waals surface area contributed by atoms with Gasteiger partial charge in [0.25, 0.3) is 5.91 Å². The highest BCUT2D eigenvalue weighted by Gasteiger charge is 2.48. The summed E-state index contributed by atoms with van der Waals surface area (Å²) >= 11 is 0. The minimum Gasteiger partial charge on any atom is -0.353 e. The number of carbonyl (C=O) groups excluding carboxylic acids is 2. The highest BCUT2D eigenvalue weighted by Crippen LogP contribution is 2.27. The number of amides is 3. The summed E-state index contributed by atoms with van der Waals surface area (Å²) in [5.41, 5.74) is 1.86. The molecule has 0 N–H and O–H groups in total. The molecule has 2 aliphatic rings. The summed E-state index contributed by atoms with van der Waals surface area (Å²) in [4.78, 5) is 30.7. The van der Waals surface area contributed by atoms with E-state index in [0.717, 1.165) is 13.1 Å². The van der Waals surface area contributed by atoms with Crippen LogP contribution in [0.4, 0.5) is 10.5 Å². The molecule has 2 fully saturated rings. The molecule has 3 amide bonds. The third kappa shape index (κ3) is 2.39. The Bertz CT molecular complexity index is 770. The molecule has 1 aromatic carbocycles. The van der Waals surface area contributed by atoms with E-state index in [1.165, 1.54) is 10.6 Å². The number of hydrogen-bond acceptors (Lipinski definition) is 3. The zero-order valence-electron chi connectivity index (χ0n) is 13.6. The second-order valence-electron chi connectivity index (χ2n) is 6.35. The van der Waals surface area contributed by atoms with Crippen molar-refractivity contribution in [1.29, 1.82) is 0 Å². The molecule has 6 heteroatoms. The molecule has 24 heavy (non-hydrogen) atoms. The molecule has 2 aliphatic heterocycles. The van der Waals surface area contributed by atoms with Gasteiger partial charge in [0.15, 0.2) is 0 Å². The van der Waals surface area contributed by atoms with E-state index in [2.05, 4.69) is 15.5 Å². The van der Waals surface area contributed by atoms with E-state index in [4.69, 9.17) is 0 Å². The van der Waals surface area contributed by atoms with Crippen molar-refractivity contribution >= 4 is 17.6 Å². The van der Waals surface area contributed by atoms with Gasteiger partial charge in [0.2, 0.25) is 0 Å². The van der Waals surface area contributed by atoms with Gasteiger partial charge in [-0.3, -0.25) is 9.69 Å². The summed E-state index contributed by atoms with van der Waals surface area (Å²) in [5.74, 6) is -0.122. The number of aryl methyl sites for hydroxylation is 1. The Morgan fingerprint density at radius 1 is 1.04 bits per heavy atom. The van der Waals surface area contributed by atoms with E-state index >= 15 is 0 Å². The van der Waals surface area contributed by atoms with E-state index in [1.807, 2.05) is 37.5 Å². The van der Waals surface area contributed by atoms with Crippen molar-refractivity contribution in [2.75, 3.05) is 24.5 Å². The van der Waals surface area contributed by atoms with Gasteiger partial charge in [-0.05, 0) is 24.3 Å². The van der Waals surface area contributed by atoms with Gasteiger partial charge in [0.1, 0.15) is 6.04 Å². The summed E-state index contributed by atoms with van der Waals surface area (Å²) in [6.07, 6.45) is 2.02. The molecule has 124 valence electrons. The minimum absolute atomic E-state index is 0.122.